The Labute approximate surface area is 120 Å². The van der Waals surface area contributed by atoms with Gasteiger partial charge in [0.25, 0.3) is 0 Å². The molecular weight excluding hydrogens is 340 g/mol. The number of ether oxygens (including phenoxy) is 1. The van der Waals surface area contributed by atoms with Crippen LogP contribution in [-0.2, 0) is 10.0 Å². The van der Waals surface area contributed by atoms with Crippen LogP contribution in [0.1, 0.15) is 6.92 Å². The highest BCUT2D eigenvalue weighted by atomic mass is 79.9. The minimum absolute atomic E-state index is 0.0772. The summed E-state index contributed by atoms with van der Waals surface area (Å²) in [6, 6.07) is 4.85. The first kappa shape index (κ1) is 15.2. The van der Waals surface area contributed by atoms with E-state index in [9.17, 15) is 8.42 Å². The maximum atomic E-state index is 11.9. The smallest absolute Gasteiger partial charge is 0.241 e. The van der Waals surface area contributed by atoms with Crippen molar-refractivity contribution >= 4 is 48.8 Å². The van der Waals surface area contributed by atoms with E-state index in [0.29, 0.717) is 11.4 Å². The summed E-state index contributed by atoms with van der Waals surface area (Å²) >= 11 is 7.96. The molecule has 0 spiro atoms. The SMILES string of the molecule is COc1cc(NS(=O)(=O)C(C)C(N)=S)ccc1Br. The molecule has 18 heavy (non-hydrogen) atoms. The van der Waals surface area contributed by atoms with E-state index in [2.05, 4.69) is 32.9 Å². The van der Waals surface area contributed by atoms with E-state index in [1.165, 1.54) is 14.0 Å². The molecular formula is C10H13BrN2O3S2. The molecule has 0 aliphatic carbocycles. The van der Waals surface area contributed by atoms with E-state index in [1.807, 2.05) is 0 Å². The number of hydrogen-bond acceptors (Lipinski definition) is 4. The van der Waals surface area contributed by atoms with E-state index < -0.39 is 15.3 Å². The van der Waals surface area contributed by atoms with Crippen molar-refractivity contribution in [2.45, 2.75) is 12.2 Å². The molecule has 0 radical (unpaired) electrons. The molecule has 3 N–H and O–H groups in total. The average molecular weight is 353 g/mol. The lowest BCUT2D eigenvalue weighted by atomic mass is 10.3. The Morgan fingerprint density at radius 2 is 2.17 bits per heavy atom. The monoisotopic (exact) mass is 352 g/mol. The largest absolute Gasteiger partial charge is 0.495 e. The molecule has 0 fully saturated rings. The van der Waals surface area contributed by atoms with Crippen molar-refractivity contribution in [2.24, 2.45) is 5.73 Å². The quantitative estimate of drug-likeness (QED) is 0.790. The van der Waals surface area contributed by atoms with Crippen molar-refractivity contribution in [2.75, 3.05) is 11.8 Å². The molecule has 8 heteroatoms. The van der Waals surface area contributed by atoms with Crippen LogP contribution in [0.5, 0.6) is 5.75 Å². The molecule has 0 amide bonds. The second kappa shape index (κ2) is 5.85. The summed E-state index contributed by atoms with van der Waals surface area (Å²) in [5.41, 5.74) is 5.72. The predicted molar refractivity (Wildman–Crippen MR) is 79.5 cm³/mol. The van der Waals surface area contributed by atoms with Gasteiger partial charge in [0.2, 0.25) is 10.0 Å². The Balaban J connectivity index is 3.01. The van der Waals surface area contributed by atoms with Crippen molar-refractivity contribution in [1.82, 2.24) is 0 Å². The van der Waals surface area contributed by atoms with Gasteiger partial charge in [0.15, 0.2) is 0 Å². The van der Waals surface area contributed by atoms with E-state index in [1.54, 1.807) is 18.2 Å². The van der Waals surface area contributed by atoms with Crippen molar-refractivity contribution < 1.29 is 13.2 Å². The number of anilines is 1. The third kappa shape index (κ3) is 3.56. The zero-order valence-electron chi connectivity index (χ0n) is 9.81. The number of hydrogen-bond donors (Lipinski definition) is 2. The van der Waals surface area contributed by atoms with Crippen LogP contribution in [0.25, 0.3) is 0 Å². The first-order valence-electron chi connectivity index (χ1n) is 4.92. The van der Waals surface area contributed by atoms with Gasteiger partial charge >= 0.3 is 0 Å². The van der Waals surface area contributed by atoms with Crippen LogP contribution in [-0.4, -0.2) is 25.8 Å². The first-order chi connectivity index (χ1) is 8.27. The average Bonchev–Trinajstić information content (AvgIpc) is 2.30. The maximum absolute atomic E-state index is 11.9. The van der Waals surface area contributed by atoms with Crippen LogP contribution in [0.15, 0.2) is 22.7 Å². The Morgan fingerprint density at radius 3 is 2.67 bits per heavy atom. The van der Waals surface area contributed by atoms with E-state index in [0.717, 1.165) is 4.47 Å². The molecule has 0 saturated heterocycles. The molecule has 1 aromatic carbocycles. The summed E-state index contributed by atoms with van der Waals surface area (Å²) in [5.74, 6) is 0.526. The van der Waals surface area contributed by atoms with Crippen molar-refractivity contribution in [3.8, 4) is 5.75 Å². The lowest BCUT2D eigenvalue weighted by molar-refractivity contribution is 0.412. The lowest BCUT2D eigenvalue weighted by Crippen LogP contribution is -2.35. The highest BCUT2D eigenvalue weighted by molar-refractivity contribution is 9.10. The fourth-order valence-corrected chi connectivity index (χ4v) is 2.86. The summed E-state index contributed by atoms with van der Waals surface area (Å²) in [5, 5.41) is -0.942. The van der Waals surface area contributed by atoms with Crippen molar-refractivity contribution in [1.29, 1.82) is 0 Å². The van der Waals surface area contributed by atoms with E-state index >= 15 is 0 Å². The highest BCUT2D eigenvalue weighted by Crippen LogP contribution is 2.28. The number of benzene rings is 1. The zero-order valence-corrected chi connectivity index (χ0v) is 13.0. The predicted octanol–water partition coefficient (Wildman–Crippen LogP) is 1.87. The highest BCUT2D eigenvalue weighted by Gasteiger charge is 2.23. The lowest BCUT2D eigenvalue weighted by Gasteiger charge is -2.14. The van der Waals surface area contributed by atoms with Crippen molar-refractivity contribution in [3.63, 3.8) is 0 Å². The van der Waals surface area contributed by atoms with Gasteiger partial charge in [-0.25, -0.2) is 8.42 Å². The summed E-state index contributed by atoms with van der Waals surface area (Å²) in [4.78, 5) is -0.0772. The van der Waals surface area contributed by atoms with Gasteiger partial charge in [-0.2, -0.15) is 0 Å². The van der Waals surface area contributed by atoms with Gasteiger partial charge in [-0.1, -0.05) is 12.2 Å². The molecule has 1 aromatic rings. The molecule has 0 aliphatic heterocycles. The summed E-state index contributed by atoms with van der Waals surface area (Å²) < 4.78 is 32.0. The Morgan fingerprint density at radius 1 is 1.56 bits per heavy atom. The fraction of sp³-hybridized carbons (Fsp3) is 0.300. The van der Waals surface area contributed by atoms with Gasteiger partial charge in [0.1, 0.15) is 11.0 Å². The van der Waals surface area contributed by atoms with Gasteiger partial charge in [0.05, 0.1) is 22.3 Å². The van der Waals surface area contributed by atoms with Crippen LogP contribution in [0.2, 0.25) is 0 Å². The molecule has 0 aromatic heterocycles. The minimum Gasteiger partial charge on any atom is -0.495 e. The maximum Gasteiger partial charge on any atom is 0.241 e. The van der Waals surface area contributed by atoms with Gasteiger partial charge in [-0.3, -0.25) is 4.72 Å². The van der Waals surface area contributed by atoms with Crippen LogP contribution in [0, 0.1) is 0 Å². The van der Waals surface area contributed by atoms with Crippen LogP contribution >= 0.6 is 28.1 Å². The van der Waals surface area contributed by atoms with Gasteiger partial charge < -0.3 is 10.5 Å². The summed E-state index contributed by atoms with van der Waals surface area (Å²) in [6.07, 6.45) is 0. The van der Waals surface area contributed by atoms with Crippen LogP contribution < -0.4 is 15.2 Å². The summed E-state index contributed by atoms with van der Waals surface area (Å²) in [6.45, 7) is 1.43. The Bertz CT molecular complexity index is 560. The molecule has 1 rings (SSSR count). The molecule has 1 atom stereocenters. The van der Waals surface area contributed by atoms with E-state index in [4.69, 9.17) is 10.5 Å². The molecule has 0 aliphatic rings. The number of thiocarbonyl (C=S) groups is 1. The van der Waals surface area contributed by atoms with Crippen molar-refractivity contribution in [3.05, 3.63) is 22.7 Å². The minimum atomic E-state index is -3.64. The number of sulfonamides is 1. The normalized spacial score (nSPS) is 12.8. The topological polar surface area (TPSA) is 81.4 Å². The molecule has 5 nitrogen and oxygen atoms in total. The second-order valence-electron chi connectivity index (χ2n) is 3.54. The fourth-order valence-electron chi connectivity index (χ4n) is 1.13. The van der Waals surface area contributed by atoms with Gasteiger partial charge in [0, 0.05) is 6.07 Å². The third-order valence-corrected chi connectivity index (χ3v) is 5.14. The summed E-state index contributed by atoms with van der Waals surface area (Å²) in [7, 11) is -2.14. The van der Waals surface area contributed by atoms with Crippen LogP contribution in [0.3, 0.4) is 0 Å². The Kier molecular flexibility index (Phi) is 4.94. The number of methoxy groups -OCH3 is 1. The first-order valence-corrected chi connectivity index (χ1v) is 7.67. The molecule has 1 unspecified atom stereocenters. The number of rotatable bonds is 5. The molecule has 0 heterocycles. The van der Waals surface area contributed by atoms with Crippen LogP contribution in [0.4, 0.5) is 5.69 Å². The standard InChI is InChI=1S/C10H13BrN2O3S2/c1-6(10(12)17)18(14,15)13-7-3-4-8(11)9(5-7)16-2/h3-6,13H,1-2H3,(H2,12,17). The number of nitrogens with one attached hydrogen (secondary N) is 1. The second-order valence-corrected chi connectivity index (χ2v) is 6.87. The third-order valence-electron chi connectivity index (χ3n) is 2.28. The Hall–Kier alpha value is -0.860. The van der Waals surface area contributed by atoms with Gasteiger partial charge in [-0.05, 0) is 35.0 Å². The van der Waals surface area contributed by atoms with E-state index in [-0.39, 0.29) is 4.99 Å². The number of halogens is 1. The molecule has 100 valence electrons. The molecule has 0 bridgehead atoms. The zero-order chi connectivity index (χ0) is 13.9. The molecule has 0 saturated carbocycles. The van der Waals surface area contributed by atoms with Gasteiger partial charge in [-0.15, -0.1) is 0 Å². The number of nitrogens with two attached hydrogens (primary N) is 1.